The van der Waals surface area contributed by atoms with Gasteiger partial charge in [0.1, 0.15) is 0 Å². The van der Waals surface area contributed by atoms with Crippen LogP contribution >= 0.6 is 12.2 Å². The van der Waals surface area contributed by atoms with E-state index in [0.29, 0.717) is 4.77 Å². The average molecular weight is 283 g/mol. The van der Waals surface area contributed by atoms with Crippen molar-refractivity contribution >= 4 is 23.3 Å². The van der Waals surface area contributed by atoms with E-state index in [1.54, 1.807) is 12.4 Å². The summed E-state index contributed by atoms with van der Waals surface area (Å²) in [4.78, 5) is 7.31. The first-order valence-corrected chi connectivity index (χ1v) is 7.34. The molecule has 0 unspecified atom stereocenters. The fraction of sp³-hybridized carbons (Fsp3) is 0.250. The van der Waals surface area contributed by atoms with Crippen molar-refractivity contribution in [3.8, 4) is 5.69 Å². The number of fused-ring (bicyclic) bond motifs is 1. The Hall–Kier alpha value is -1.94. The quantitative estimate of drug-likeness (QED) is 0.719. The topological polar surface area (TPSA) is 33.6 Å². The molecule has 3 aromatic rings. The van der Waals surface area contributed by atoms with Crippen LogP contribution in [0.25, 0.3) is 16.7 Å². The summed E-state index contributed by atoms with van der Waals surface area (Å²) in [5.74, 6) is 0. The zero-order valence-electron chi connectivity index (χ0n) is 11.5. The van der Waals surface area contributed by atoms with Gasteiger partial charge in [0.15, 0.2) is 4.77 Å². The van der Waals surface area contributed by atoms with Crippen molar-refractivity contribution in [1.29, 1.82) is 0 Å². The summed E-state index contributed by atoms with van der Waals surface area (Å²) in [6.07, 6.45) is 7.19. The van der Waals surface area contributed by atoms with Crippen molar-refractivity contribution in [1.82, 2.24) is 14.5 Å². The van der Waals surface area contributed by atoms with Gasteiger partial charge in [0.05, 0.1) is 17.2 Å². The van der Waals surface area contributed by atoms with Crippen molar-refractivity contribution in [2.45, 2.75) is 26.2 Å². The summed E-state index contributed by atoms with van der Waals surface area (Å²) in [5.41, 5.74) is 4.50. The molecule has 2 heterocycles. The van der Waals surface area contributed by atoms with E-state index in [1.807, 2.05) is 6.07 Å². The Bertz CT molecular complexity index is 768. The molecule has 2 aromatic heterocycles. The minimum atomic E-state index is 0.703. The normalized spacial score (nSPS) is 11.1. The maximum atomic E-state index is 5.42. The molecule has 0 saturated heterocycles. The summed E-state index contributed by atoms with van der Waals surface area (Å²) in [7, 11) is 0. The Morgan fingerprint density at radius 1 is 1.20 bits per heavy atom. The van der Waals surface area contributed by atoms with E-state index in [-0.39, 0.29) is 0 Å². The Balaban J connectivity index is 2.03. The smallest absolute Gasteiger partial charge is 0.182 e. The number of aryl methyl sites for hydroxylation is 1. The highest BCUT2D eigenvalue weighted by molar-refractivity contribution is 7.71. The van der Waals surface area contributed by atoms with Gasteiger partial charge in [-0.3, -0.25) is 9.55 Å². The van der Waals surface area contributed by atoms with Gasteiger partial charge in [-0.05, 0) is 48.8 Å². The lowest BCUT2D eigenvalue weighted by Crippen LogP contribution is -1.94. The molecule has 3 rings (SSSR count). The maximum Gasteiger partial charge on any atom is 0.182 e. The van der Waals surface area contributed by atoms with E-state index in [9.17, 15) is 0 Å². The van der Waals surface area contributed by atoms with Gasteiger partial charge in [-0.25, -0.2) is 0 Å². The lowest BCUT2D eigenvalue weighted by Gasteiger charge is -2.06. The second kappa shape index (κ2) is 5.59. The van der Waals surface area contributed by atoms with Crippen molar-refractivity contribution in [2.24, 2.45) is 0 Å². The average Bonchev–Trinajstić information content (AvgIpc) is 2.81. The van der Waals surface area contributed by atoms with Crippen LogP contribution in [0, 0.1) is 4.77 Å². The number of imidazole rings is 1. The van der Waals surface area contributed by atoms with Crippen LogP contribution in [0.2, 0.25) is 0 Å². The van der Waals surface area contributed by atoms with Crippen LogP contribution in [0.3, 0.4) is 0 Å². The van der Waals surface area contributed by atoms with Gasteiger partial charge in [-0.1, -0.05) is 25.5 Å². The minimum absolute atomic E-state index is 0.703. The highest BCUT2D eigenvalue weighted by Gasteiger charge is 2.06. The van der Waals surface area contributed by atoms with Crippen LogP contribution in [-0.4, -0.2) is 14.5 Å². The van der Waals surface area contributed by atoms with Gasteiger partial charge in [-0.15, -0.1) is 0 Å². The fourth-order valence-electron chi connectivity index (χ4n) is 2.41. The summed E-state index contributed by atoms with van der Waals surface area (Å²) >= 11 is 5.42. The molecule has 0 amide bonds. The van der Waals surface area contributed by atoms with E-state index >= 15 is 0 Å². The van der Waals surface area contributed by atoms with Crippen LogP contribution in [0.4, 0.5) is 0 Å². The Morgan fingerprint density at radius 3 is 2.75 bits per heavy atom. The highest BCUT2D eigenvalue weighted by Crippen LogP contribution is 2.19. The largest absolute Gasteiger partial charge is 0.329 e. The number of nitrogens with one attached hydrogen (secondary N) is 1. The second-order valence-corrected chi connectivity index (χ2v) is 5.32. The fourth-order valence-corrected chi connectivity index (χ4v) is 2.72. The van der Waals surface area contributed by atoms with Gasteiger partial charge in [0.2, 0.25) is 0 Å². The summed E-state index contributed by atoms with van der Waals surface area (Å²) in [6.45, 7) is 2.22. The minimum Gasteiger partial charge on any atom is -0.329 e. The molecule has 20 heavy (non-hydrogen) atoms. The van der Waals surface area contributed by atoms with E-state index in [4.69, 9.17) is 12.2 Å². The lowest BCUT2D eigenvalue weighted by atomic mass is 10.1. The third-order valence-electron chi connectivity index (χ3n) is 3.50. The third kappa shape index (κ3) is 2.39. The standard InChI is InChI=1S/C16H17N3S/c1-2-3-4-12-5-7-13(8-6-12)19-15-9-10-17-11-14(15)18-16(19)20/h5-11H,2-4H2,1H3,(H,18,20). The number of nitrogens with zero attached hydrogens (tertiary/aromatic N) is 2. The number of hydrogen-bond donors (Lipinski definition) is 1. The highest BCUT2D eigenvalue weighted by atomic mass is 32.1. The van der Waals surface area contributed by atoms with Crippen molar-refractivity contribution in [3.63, 3.8) is 0 Å². The molecule has 0 atom stereocenters. The predicted molar refractivity (Wildman–Crippen MR) is 84.9 cm³/mol. The SMILES string of the molecule is CCCCc1ccc(-n2c(=S)[nH]c3cnccc32)cc1. The first kappa shape index (κ1) is 13.1. The van der Waals surface area contributed by atoms with Gasteiger partial charge < -0.3 is 4.98 Å². The summed E-state index contributed by atoms with van der Waals surface area (Å²) in [6, 6.07) is 10.6. The van der Waals surface area contributed by atoms with Crippen LogP contribution < -0.4 is 0 Å². The predicted octanol–water partition coefficient (Wildman–Crippen LogP) is 4.43. The number of unbranched alkanes of at least 4 members (excludes halogenated alkanes) is 1. The molecule has 4 heteroatoms. The van der Waals surface area contributed by atoms with Gasteiger partial charge in [0.25, 0.3) is 0 Å². The number of H-pyrrole nitrogens is 1. The third-order valence-corrected chi connectivity index (χ3v) is 3.78. The molecule has 0 spiro atoms. The summed E-state index contributed by atoms with van der Waals surface area (Å²) in [5, 5.41) is 0. The van der Waals surface area contributed by atoms with Crippen molar-refractivity contribution in [3.05, 3.63) is 53.1 Å². The Kier molecular flexibility index (Phi) is 3.65. The molecule has 0 saturated carbocycles. The molecule has 0 aliphatic rings. The zero-order valence-corrected chi connectivity index (χ0v) is 12.3. The molecule has 1 N–H and O–H groups in total. The molecule has 102 valence electrons. The summed E-state index contributed by atoms with van der Waals surface area (Å²) < 4.78 is 2.75. The Morgan fingerprint density at radius 2 is 2.00 bits per heavy atom. The van der Waals surface area contributed by atoms with Gasteiger partial charge in [0, 0.05) is 11.9 Å². The van der Waals surface area contributed by atoms with Crippen molar-refractivity contribution < 1.29 is 0 Å². The number of benzene rings is 1. The molecule has 0 aliphatic heterocycles. The van der Waals surface area contributed by atoms with Crippen LogP contribution in [-0.2, 0) is 6.42 Å². The van der Waals surface area contributed by atoms with Crippen LogP contribution in [0.1, 0.15) is 25.3 Å². The van der Waals surface area contributed by atoms with E-state index in [1.165, 1.54) is 18.4 Å². The van der Waals surface area contributed by atoms with Crippen LogP contribution in [0.15, 0.2) is 42.7 Å². The number of pyridine rings is 1. The Labute approximate surface area is 123 Å². The van der Waals surface area contributed by atoms with Crippen LogP contribution in [0.5, 0.6) is 0 Å². The van der Waals surface area contributed by atoms with Gasteiger partial charge >= 0.3 is 0 Å². The van der Waals surface area contributed by atoms with Crippen molar-refractivity contribution in [2.75, 3.05) is 0 Å². The molecule has 0 radical (unpaired) electrons. The van der Waals surface area contributed by atoms with Gasteiger partial charge in [-0.2, -0.15) is 0 Å². The molecule has 0 bridgehead atoms. The van der Waals surface area contributed by atoms with E-state index < -0.39 is 0 Å². The molecular weight excluding hydrogens is 266 g/mol. The number of hydrogen-bond acceptors (Lipinski definition) is 2. The van der Waals surface area contributed by atoms with E-state index in [0.717, 1.165) is 23.1 Å². The van der Waals surface area contributed by atoms with E-state index in [2.05, 4.69) is 45.7 Å². The zero-order chi connectivity index (χ0) is 13.9. The lowest BCUT2D eigenvalue weighted by molar-refractivity contribution is 0.795. The first-order chi connectivity index (χ1) is 9.79. The molecular formula is C16H17N3S. The second-order valence-electron chi connectivity index (χ2n) is 4.93. The number of rotatable bonds is 4. The monoisotopic (exact) mass is 283 g/mol. The maximum absolute atomic E-state index is 5.42. The molecule has 0 aliphatic carbocycles. The number of aromatic amines is 1. The molecule has 0 fully saturated rings. The molecule has 1 aromatic carbocycles. The first-order valence-electron chi connectivity index (χ1n) is 6.93. The molecule has 3 nitrogen and oxygen atoms in total. The number of aromatic nitrogens is 3.